The summed E-state index contributed by atoms with van der Waals surface area (Å²) in [6, 6.07) is 8.19. The van der Waals surface area contributed by atoms with Gasteiger partial charge in [0, 0.05) is 13.3 Å². The second kappa shape index (κ2) is 6.94. The molecule has 0 aliphatic heterocycles. The van der Waals surface area contributed by atoms with Crippen molar-refractivity contribution >= 4 is 11.7 Å². The lowest BCUT2D eigenvalue weighted by atomic mass is 10.0. The smallest absolute Gasteiger partial charge is 0.217 e. The fourth-order valence-corrected chi connectivity index (χ4v) is 1.95. The van der Waals surface area contributed by atoms with Gasteiger partial charge in [0.2, 0.25) is 5.91 Å². The molecule has 0 aromatic heterocycles. The van der Waals surface area contributed by atoms with Gasteiger partial charge in [-0.2, -0.15) is 0 Å². The molecule has 0 saturated carbocycles. The van der Waals surface area contributed by atoms with Crippen LogP contribution in [0.3, 0.4) is 0 Å². The number of Topliss-reactive ketones (excluding diaryl/α,β-unsaturated/α-hetero) is 1. The number of hydrogen-bond acceptors (Lipinski definition) is 2. The monoisotopic (exact) mass is 247 g/mol. The predicted octanol–water partition coefficient (Wildman–Crippen LogP) is 2.80. The highest BCUT2D eigenvalue weighted by Crippen LogP contribution is 2.15. The van der Waals surface area contributed by atoms with Crippen molar-refractivity contribution in [1.82, 2.24) is 5.32 Å². The van der Waals surface area contributed by atoms with Crippen LogP contribution in [0.5, 0.6) is 0 Å². The first kappa shape index (κ1) is 14.4. The maximum absolute atomic E-state index is 11.0. The van der Waals surface area contributed by atoms with Gasteiger partial charge in [-0.25, -0.2) is 0 Å². The summed E-state index contributed by atoms with van der Waals surface area (Å²) in [4.78, 5) is 21.9. The number of aryl methyl sites for hydroxylation is 1. The van der Waals surface area contributed by atoms with Crippen molar-refractivity contribution < 1.29 is 9.59 Å². The van der Waals surface area contributed by atoms with Crippen LogP contribution in [-0.2, 0) is 16.0 Å². The third-order valence-corrected chi connectivity index (χ3v) is 2.87. The zero-order valence-corrected chi connectivity index (χ0v) is 11.3. The minimum Gasteiger partial charge on any atom is -0.350 e. The Kier molecular flexibility index (Phi) is 5.56. The largest absolute Gasteiger partial charge is 0.350 e. The maximum Gasteiger partial charge on any atom is 0.217 e. The van der Waals surface area contributed by atoms with E-state index in [-0.39, 0.29) is 17.7 Å². The summed E-state index contributed by atoms with van der Waals surface area (Å²) in [6.45, 7) is 5.11. The van der Waals surface area contributed by atoms with Crippen molar-refractivity contribution in [2.75, 3.05) is 0 Å². The average Bonchev–Trinajstić information content (AvgIpc) is 2.28. The summed E-state index contributed by atoms with van der Waals surface area (Å²) < 4.78 is 0. The van der Waals surface area contributed by atoms with Crippen molar-refractivity contribution in [3.8, 4) is 0 Å². The Labute approximate surface area is 109 Å². The lowest BCUT2D eigenvalue weighted by Crippen LogP contribution is -2.23. The Hall–Kier alpha value is -1.64. The number of hydrogen-bond donors (Lipinski definition) is 1. The van der Waals surface area contributed by atoms with Gasteiger partial charge in [-0.3, -0.25) is 4.79 Å². The number of carbonyl (C=O) groups excluding carboxylic acids is 2. The second-order valence-corrected chi connectivity index (χ2v) is 4.72. The van der Waals surface area contributed by atoms with Crippen LogP contribution in [0.25, 0.3) is 0 Å². The highest BCUT2D eigenvalue weighted by Gasteiger charge is 2.06. The van der Waals surface area contributed by atoms with Gasteiger partial charge in [-0.1, -0.05) is 24.3 Å². The molecule has 0 heterocycles. The van der Waals surface area contributed by atoms with Crippen molar-refractivity contribution in [3.63, 3.8) is 0 Å². The zero-order chi connectivity index (χ0) is 13.5. The molecule has 98 valence electrons. The van der Waals surface area contributed by atoms with Gasteiger partial charge in [0.1, 0.15) is 5.78 Å². The minimum atomic E-state index is -0.0236. The summed E-state index contributed by atoms with van der Waals surface area (Å²) in [6.07, 6.45) is 2.42. The molecule has 1 unspecified atom stereocenters. The lowest BCUT2D eigenvalue weighted by molar-refractivity contribution is -0.119. The number of ketones is 1. The van der Waals surface area contributed by atoms with Crippen LogP contribution in [0, 0.1) is 0 Å². The molecular weight excluding hydrogens is 226 g/mol. The highest BCUT2D eigenvalue weighted by atomic mass is 16.1. The lowest BCUT2D eigenvalue weighted by Gasteiger charge is -2.14. The molecule has 1 atom stereocenters. The third kappa shape index (κ3) is 5.13. The van der Waals surface area contributed by atoms with Gasteiger partial charge in [-0.15, -0.1) is 0 Å². The molecule has 18 heavy (non-hydrogen) atoms. The summed E-state index contributed by atoms with van der Waals surface area (Å²) in [7, 11) is 0. The summed E-state index contributed by atoms with van der Waals surface area (Å²) in [5.74, 6) is 0.210. The van der Waals surface area contributed by atoms with Gasteiger partial charge in [0.15, 0.2) is 0 Å². The first-order valence-electron chi connectivity index (χ1n) is 6.34. The quantitative estimate of drug-likeness (QED) is 0.840. The summed E-state index contributed by atoms with van der Waals surface area (Å²) in [5, 5.41) is 2.87. The van der Waals surface area contributed by atoms with Crippen LogP contribution < -0.4 is 5.32 Å². The standard InChI is InChI=1S/C15H21NO2/c1-11(17)6-4-7-14-8-5-9-15(10-14)12(2)16-13(3)18/h5,8-10,12H,4,6-7H2,1-3H3,(H,16,18). The average molecular weight is 247 g/mol. The predicted molar refractivity (Wildman–Crippen MR) is 72.3 cm³/mol. The summed E-state index contributed by atoms with van der Waals surface area (Å²) in [5.41, 5.74) is 2.32. The van der Waals surface area contributed by atoms with E-state index in [1.807, 2.05) is 19.1 Å². The van der Waals surface area contributed by atoms with E-state index in [1.54, 1.807) is 6.92 Å². The van der Waals surface area contributed by atoms with Crippen LogP contribution in [-0.4, -0.2) is 11.7 Å². The van der Waals surface area contributed by atoms with Gasteiger partial charge in [0.25, 0.3) is 0 Å². The van der Waals surface area contributed by atoms with Crippen LogP contribution >= 0.6 is 0 Å². The van der Waals surface area contributed by atoms with E-state index >= 15 is 0 Å². The fourth-order valence-electron chi connectivity index (χ4n) is 1.95. The molecule has 3 heteroatoms. The zero-order valence-electron chi connectivity index (χ0n) is 11.3. The van der Waals surface area contributed by atoms with Gasteiger partial charge < -0.3 is 10.1 Å². The van der Waals surface area contributed by atoms with Crippen LogP contribution in [0.1, 0.15) is 50.8 Å². The highest BCUT2D eigenvalue weighted by molar-refractivity contribution is 5.75. The van der Waals surface area contributed by atoms with Crippen LogP contribution in [0.4, 0.5) is 0 Å². The Morgan fingerprint density at radius 1 is 1.28 bits per heavy atom. The van der Waals surface area contributed by atoms with E-state index in [2.05, 4.69) is 17.4 Å². The van der Waals surface area contributed by atoms with E-state index < -0.39 is 0 Å². The molecule has 0 saturated heterocycles. The number of benzene rings is 1. The topological polar surface area (TPSA) is 46.2 Å². The molecule has 0 aliphatic carbocycles. The number of rotatable bonds is 6. The van der Waals surface area contributed by atoms with E-state index in [0.717, 1.165) is 18.4 Å². The van der Waals surface area contributed by atoms with Crippen LogP contribution in [0.15, 0.2) is 24.3 Å². The molecule has 1 rings (SSSR count). The Morgan fingerprint density at radius 2 is 2.00 bits per heavy atom. The minimum absolute atomic E-state index is 0.0234. The molecule has 0 bridgehead atoms. The Bertz CT molecular complexity index is 426. The second-order valence-electron chi connectivity index (χ2n) is 4.72. The van der Waals surface area contributed by atoms with E-state index in [4.69, 9.17) is 0 Å². The van der Waals surface area contributed by atoms with Gasteiger partial charge in [-0.05, 0) is 37.8 Å². The van der Waals surface area contributed by atoms with E-state index in [0.29, 0.717) is 6.42 Å². The SMILES string of the molecule is CC(=O)CCCc1cccc(C(C)NC(C)=O)c1. The van der Waals surface area contributed by atoms with Crippen molar-refractivity contribution in [3.05, 3.63) is 35.4 Å². The molecule has 1 amide bonds. The van der Waals surface area contributed by atoms with E-state index in [9.17, 15) is 9.59 Å². The number of nitrogens with one attached hydrogen (secondary N) is 1. The van der Waals surface area contributed by atoms with E-state index in [1.165, 1.54) is 12.5 Å². The molecule has 0 fully saturated rings. The summed E-state index contributed by atoms with van der Waals surface area (Å²) >= 11 is 0. The molecule has 0 spiro atoms. The van der Waals surface area contributed by atoms with Crippen molar-refractivity contribution in [2.24, 2.45) is 0 Å². The maximum atomic E-state index is 11.0. The number of amides is 1. The van der Waals surface area contributed by atoms with Crippen LogP contribution in [0.2, 0.25) is 0 Å². The molecule has 0 aliphatic rings. The molecule has 1 aromatic rings. The van der Waals surface area contributed by atoms with Crippen molar-refractivity contribution in [1.29, 1.82) is 0 Å². The molecule has 1 N–H and O–H groups in total. The van der Waals surface area contributed by atoms with Gasteiger partial charge in [0.05, 0.1) is 6.04 Å². The first-order valence-corrected chi connectivity index (χ1v) is 6.34. The third-order valence-electron chi connectivity index (χ3n) is 2.87. The first-order chi connectivity index (χ1) is 8.49. The molecule has 1 aromatic carbocycles. The Morgan fingerprint density at radius 3 is 2.61 bits per heavy atom. The normalized spacial score (nSPS) is 11.9. The van der Waals surface area contributed by atoms with Gasteiger partial charge >= 0.3 is 0 Å². The fraction of sp³-hybridized carbons (Fsp3) is 0.467. The Balaban J connectivity index is 2.61. The molecular formula is C15H21NO2. The van der Waals surface area contributed by atoms with Crippen molar-refractivity contribution in [2.45, 2.75) is 46.1 Å². The number of carbonyl (C=O) groups is 2. The molecule has 0 radical (unpaired) electrons. The molecule has 3 nitrogen and oxygen atoms in total.